The first-order chi connectivity index (χ1) is 12.0. The zero-order valence-corrected chi connectivity index (χ0v) is 15.2. The van der Waals surface area contributed by atoms with Gasteiger partial charge in [0.15, 0.2) is 0 Å². The van der Waals surface area contributed by atoms with Gasteiger partial charge >= 0.3 is 0 Å². The molecule has 6 heteroatoms. The van der Waals surface area contributed by atoms with E-state index in [2.05, 4.69) is 21.8 Å². The van der Waals surface area contributed by atoms with Crippen molar-refractivity contribution >= 4 is 11.7 Å². The first-order valence-electron chi connectivity index (χ1n) is 8.49. The maximum atomic E-state index is 12.7. The summed E-state index contributed by atoms with van der Waals surface area (Å²) in [5.74, 6) is 2.20. The lowest BCUT2D eigenvalue weighted by molar-refractivity contribution is 0.0746. The van der Waals surface area contributed by atoms with Crippen molar-refractivity contribution in [2.45, 2.75) is 20.8 Å². The number of amides is 1. The van der Waals surface area contributed by atoms with Gasteiger partial charge in [-0.05, 0) is 44.0 Å². The van der Waals surface area contributed by atoms with Gasteiger partial charge in [-0.1, -0.05) is 6.07 Å². The molecule has 0 N–H and O–H groups in total. The summed E-state index contributed by atoms with van der Waals surface area (Å²) in [5.41, 5.74) is 3.11. The SMILES string of the molecule is COc1cc(N2CCN(C(=O)c3ccc(C)c(C)c3)CC2)nc(C)n1. The molecule has 0 radical (unpaired) electrons. The number of carbonyl (C=O) groups excluding carboxylic acids is 1. The number of piperazine rings is 1. The van der Waals surface area contributed by atoms with Crippen LogP contribution < -0.4 is 9.64 Å². The van der Waals surface area contributed by atoms with E-state index in [1.54, 1.807) is 7.11 Å². The Bertz CT molecular complexity index is 783. The van der Waals surface area contributed by atoms with Gasteiger partial charge in [-0.3, -0.25) is 4.79 Å². The molecular formula is C19H24N4O2. The number of aromatic nitrogens is 2. The third-order valence-electron chi connectivity index (χ3n) is 4.65. The second-order valence-corrected chi connectivity index (χ2v) is 6.39. The number of carbonyl (C=O) groups is 1. The first kappa shape index (κ1) is 17.2. The van der Waals surface area contributed by atoms with Gasteiger partial charge in [0.25, 0.3) is 5.91 Å². The minimum atomic E-state index is 0.0965. The maximum absolute atomic E-state index is 12.7. The highest BCUT2D eigenvalue weighted by molar-refractivity contribution is 5.94. The summed E-state index contributed by atoms with van der Waals surface area (Å²) in [6.45, 7) is 8.79. The van der Waals surface area contributed by atoms with Crippen LogP contribution in [0.25, 0.3) is 0 Å². The van der Waals surface area contributed by atoms with Gasteiger partial charge in [-0.2, -0.15) is 4.98 Å². The molecular weight excluding hydrogens is 316 g/mol. The minimum absolute atomic E-state index is 0.0965. The van der Waals surface area contributed by atoms with E-state index in [1.807, 2.05) is 43.0 Å². The molecule has 25 heavy (non-hydrogen) atoms. The zero-order valence-electron chi connectivity index (χ0n) is 15.2. The fraction of sp³-hybridized carbons (Fsp3) is 0.421. The van der Waals surface area contributed by atoms with Crippen LogP contribution >= 0.6 is 0 Å². The van der Waals surface area contributed by atoms with Crippen molar-refractivity contribution in [3.63, 3.8) is 0 Å². The molecule has 1 aromatic carbocycles. The molecule has 0 aliphatic carbocycles. The minimum Gasteiger partial charge on any atom is -0.481 e. The van der Waals surface area contributed by atoms with Crippen LogP contribution in [0.3, 0.4) is 0 Å². The number of methoxy groups -OCH3 is 1. The lowest BCUT2D eigenvalue weighted by atomic mass is 10.1. The first-order valence-corrected chi connectivity index (χ1v) is 8.49. The van der Waals surface area contributed by atoms with Crippen LogP contribution in [0.2, 0.25) is 0 Å². The normalized spacial score (nSPS) is 14.6. The second-order valence-electron chi connectivity index (χ2n) is 6.39. The van der Waals surface area contributed by atoms with Crippen molar-refractivity contribution in [2.24, 2.45) is 0 Å². The zero-order chi connectivity index (χ0) is 18.0. The number of anilines is 1. The molecule has 0 saturated carbocycles. The monoisotopic (exact) mass is 340 g/mol. The Kier molecular flexibility index (Phi) is 4.88. The van der Waals surface area contributed by atoms with E-state index in [-0.39, 0.29) is 5.91 Å². The standard InChI is InChI=1S/C19H24N4O2/c1-13-5-6-16(11-14(13)2)19(24)23-9-7-22(8-10-23)17-12-18(25-4)21-15(3)20-17/h5-6,11-12H,7-10H2,1-4H3. The molecule has 132 valence electrons. The molecule has 0 spiro atoms. The Hall–Kier alpha value is -2.63. The number of rotatable bonds is 3. The van der Waals surface area contributed by atoms with E-state index >= 15 is 0 Å². The Morgan fingerprint density at radius 2 is 1.72 bits per heavy atom. The third kappa shape index (κ3) is 3.73. The summed E-state index contributed by atoms with van der Waals surface area (Å²) in [6.07, 6.45) is 0. The van der Waals surface area contributed by atoms with Gasteiger partial charge in [-0.15, -0.1) is 0 Å². The van der Waals surface area contributed by atoms with Crippen molar-refractivity contribution < 1.29 is 9.53 Å². The summed E-state index contributed by atoms with van der Waals surface area (Å²) >= 11 is 0. The Labute approximate surface area is 148 Å². The Morgan fingerprint density at radius 1 is 1.00 bits per heavy atom. The number of aryl methyl sites for hydroxylation is 3. The molecule has 1 aliphatic heterocycles. The summed E-state index contributed by atoms with van der Waals surface area (Å²) in [6, 6.07) is 7.74. The van der Waals surface area contributed by atoms with Crippen molar-refractivity contribution in [1.82, 2.24) is 14.9 Å². The molecule has 1 fully saturated rings. The van der Waals surface area contributed by atoms with Crippen LogP contribution in [0.15, 0.2) is 24.3 Å². The van der Waals surface area contributed by atoms with Crippen molar-refractivity contribution in [3.8, 4) is 5.88 Å². The van der Waals surface area contributed by atoms with E-state index in [9.17, 15) is 4.79 Å². The van der Waals surface area contributed by atoms with Gasteiger partial charge in [0.1, 0.15) is 11.6 Å². The quantitative estimate of drug-likeness (QED) is 0.858. The highest BCUT2D eigenvalue weighted by Gasteiger charge is 2.23. The van der Waals surface area contributed by atoms with Crippen LogP contribution in [-0.4, -0.2) is 54.1 Å². The predicted molar refractivity (Wildman–Crippen MR) is 97.4 cm³/mol. The van der Waals surface area contributed by atoms with Gasteiger partial charge in [0.05, 0.1) is 7.11 Å². The molecule has 2 aromatic rings. The molecule has 1 amide bonds. The molecule has 3 rings (SSSR count). The highest BCUT2D eigenvalue weighted by Crippen LogP contribution is 2.20. The van der Waals surface area contributed by atoms with Crippen LogP contribution in [0, 0.1) is 20.8 Å². The average Bonchev–Trinajstić information content (AvgIpc) is 2.63. The number of ether oxygens (including phenoxy) is 1. The van der Waals surface area contributed by atoms with Gasteiger partial charge in [0, 0.05) is 37.8 Å². The fourth-order valence-electron chi connectivity index (χ4n) is 2.99. The lowest BCUT2D eigenvalue weighted by Crippen LogP contribution is -2.49. The largest absolute Gasteiger partial charge is 0.481 e. The van der Waals surface area contributed by atoms with Crippen molar-refractivity contribution in [3.05, 3.63) is 46.8 Å². The number of hydrogen-bond donors (Lipinski definition) is 0. The maximum Gasteiger partial charge on any atom is 0.253 e. The van der Waals surface area contributed by atoms with E-state index in [1.165, 1.54) is 5.56 Å². The predicted octanol–water partition coefficient (Wildman–Crippen LogP) is 2.37. The van der Waals surface area contributed by atoms with Crippen molar-refractivity contribution in [2.75, 3.05) is 38.2 Å². The van der Waals surface area contributed by atoms with Crippen LogP contribution in [-0.2, 0) is 0 Å². The van der Waals surface area contributed by atoms with Crippen LogP contribution in [0.5, 0.6) is 5.88 Å². The van der Waals surface area contributed by atoms with Gasteiger partial charge < -0.3 is 14.5 Å². The van der Waals surface area contributed by atoms with Gasteiger partial charge in [-0.25, -0.2) is 4.98 Å². The summed E-state index contributed by atoms with van der Waals surface area (Å²) < 4.78 is 5.22. The smallest absolute Gasteiger partial charge is 0.253 e. The third-order valence-corrected chi connectivity index (χ3v) is 4.65. The number of hydrogen-bond acceptors (Lipinski definition) is 5. The topological polar surface area (TPSA) is 58.6 Å². The molecule has 0 bridgehead atoms. The fourth-order valence-corrected chi connectivity index (χ4v) is 2.99. The average molecular weight is 340 g/mol. The molecule has 6 nitrogen and oxygen atoms in total. The summed E-state index contributed by atoms with van der Waals surface area (Å²) in [7, 11) is 1.60. The number of benzene rings is 1. The van der Waals surface area contributed by atoms with E-state index in [4.69, 9.17) is 4.74 Å². The summed E-state index contributed by atoms with van der Waals surface area (Å²) in [4.78, 5) is 25.5. The van der Waals surface area contributed by atoms with E-state index < -0.39 is 0 Å². The van der Waals surface area contributed by atoms with Crippen LogP contribution in [0.1, 0.15) is 27.3 Å². The molecule has 0 atom stereocenters. The molecule has 1 saturated heterocycles. The van der Waals surface area contributed by atoms with Crippen molar-refractivity contribution in [1.29, 1.82) is 0 Å². The Balaban J connectivity index is 1.68. The molecule has 2 heterocycles. The number of nitrogens with zero attached hydrogens (tertiary/aromatic N) is 4. The Morgan fingerprint density at radius 3 is 2.36 bits per heavy atom. The van der Waals surface area contributed by atoms with Gasteiger partial charge in [0.2, 0.25) is 5.88 Å². The highest BCUT2D eigenvalue weighted by atomic mass is 16.5. The molecule has 1 aliphatic rings. The van der Waals surface area contributed by atoms with Crippen LogP contribution in [0.4, 0.5) is 5.82 Å². The molecule has 1 aromatic heterocycles. The second kappa shape index (κ2) is 7.09. The lowest BCUT2D eigenvalue weighted by Gasteiger charge is -2.35. The van der Waals surface area contributed by atoms with E-state index in [0.29, 0.717) is 24.8 Å². The van der Waals surface area contributed by atoms with E-state index in [0.717, 1.165) is 30.0 Å². The summed E-state index contributed by atoms with van der Waals surface area (Å²) in [5, 5.41) is 0. The molecule has 0 unspecified atom stereocenters.